The molecule has 0 saturated heterocycles. The Balaban J connectivity index is 2.06. The van der Waals surface area contributed by atoms with E-state index in [0.717, 1.165) is 5.56 Å². The second-order valence-electron chi connectivity index (χ2n) is 8.49. The Labute approximate surface area is 181 Å². The topological polar surface area (TPSA) is 89.5 Å². The summed E-state index contributed by atoms with van der Waals surface area (Å²) in [5, 5.41) is 1.75. The first-order valence-corrected chi connectivity index (χ1v) is 11.4. The maximum atomic E-state index is 13.4. The van der Waals surface area contributed by atoms with Gasteiger partial charge in [-0.3, -0.25) is 0 Å². The lowest BCUT2D eigenvalue weighted by Crippen LogP contribution is -2.45. The van der Waals surface area contributed by atoms with Crippen LogP contribution in [0.5, 0.6) is 0 Å². The minimum Gasteiger partial charge on any atom is -0.444 e. The van der Waals surface area contributed by atoms with Crippen molar-refractivity contribution >= 4 is 33.8 Å². The Morgan fingerprint density at radius 3 is 2.33 bits per heavy atom. The fraction of sp³-hybridized carbons (Fsp3) is 0.364. The molecule has 0 heterocycles. The molecule has 3 rings (SSSR count). The molecule has 1 aliphatic rings. The van der Waals surface area contributed by atoms with Crippen molar-refractivity contribution in [3.63, 3.8) is 0 Å². The van der Waals surface area contributed by atoms with E-state index < -0.39 is 38.2 Å². The lowest BCUT2D eigenvalue weighted by Gasteiger charge is -2.22. The summed E-state index contributed by atoms with van der Waals surface area (Å²) in [5.74, 6) is -0.799. The normalized spacial score (nSPS) is 23.5. The summed E-state index contributed by atoms with van der Waals surface area (Å²) in [7, 11) is -3.95. The molecule has 30 heavy (non-hydrogen) atoms. The van der Waals surface area contributed by atoms with Gasteiger partial charge in [0.1, 0.15) is 22.7 Å². The van der Waals surface area contributed by atoms with Crippen LogP contribution in [0.15, 0.2) is 53.4 Å². The van der Waals surface area contributed by atoms with Crippen LogP contribution in [0.25, 0.3) is 0 Å². The van der Waals surface area contributed by atoms with Crippen LogP contribution in [-0.4, -0.2) is 37.2 Å². The highest BCUT2D eigenvalue weighted by molar-refractivity contribution is 7.92. The molecule has 1 fully saturated rings. The van der Waals surface area contributed by atoms with Gasteiger partial charge in [0.05, 0.1) is 4.90 Å². The van der Waals surface area contributed by atoms with Gasteiger partial charge in [-0.25, -0.2) is 13.2 Å². The molecule has 0 aromatic heterocycles. The molecule has 160 valence electrons. The monoisotopic (exact) mass is 449 g/mol. The minimum atomic E-state index is -3.95. The number of rotatable bonds is 5. The molecule has 0 aliphatic heterocycles. The third-order valence-electron chi connectivity index (χ3n) is 4.98. The highest BCUT2D eigenvalue weighted by Crippen LogP contribution is 2.56. The first-order chi connectivity index (χ1) is 13.9. The van der Waals surface area contributed by atoms with E-state index in [4.69, 9.17) is 16.3 Å². The van der Waals surface area contributed by atoms with Crippen LogP contribution < -0.4 is 5.32 Å². The highest BCUT2D eigenvalue weighted by atomic mass is 35.5. The van der Waals surface area contributed by atoms with Crippen LogP contribution in [0.4, 0.5) is 4.79 Å². The summed E-state index contributed by atoms with van der Waals surface area (Å²) in [6.45, 7) is 6.90. The summed E-state index contributed by atoms with van der Waals surface area (Å²) in [5.41, 5.74) is -1.01. The number of benzene rings is 2. The van der Waals surface area contributed by atoms with Gasteiger partial charge in [-0.2, -0.15) is 0 Å². The molecule has 6 nitrogen and oxygen atoms in total. The first-order valence-electron chi connectivity index (χ1n) is 9.44. The van der Waals surface area contributed by atoms with Crippen molar-refractivity contribution < 1.29 is 22.7 Å². The van der Waals surface area contributed by atoms with Gasteiger partial charge < -0.3 is 14.8 Å². The second-order valence-corrected chi connectivity index (χ2v) is 11.0. The number of hydrogen-bond donors (Lipinski definition) is 1. The molecule has 1 saturated carbocycles. The molecule has 1 amide bonds. The van der Waals surface area contributed by atoms with Crippen molar-refractivity contribution in [3.05, 3.63) is 64.7 Å². The summed E-state index contributed by atoms with van der Waals surface area (Å²) in [6, 6.07) is 13.0. The van der Waals surface area contributed by atoms with Crippen molar-refractivity contribution in [2.24, 2.45) is 0 Å². The molecule has 0 bridgehead atoms. The number of nitrogens with one attached hydrogen (secondary N) is 1. The van der Waals surface area contributed by atoms with Crippen LogP contribution in [0, 0.1) is 6.92 Å². The van der Waals surface area contributed by atoms with Gasteiger partial charge >= 0.3 is 6.09 Å². The number of amides is 1. The second kappa shape index (κ2) is 7.71. The molecular weight excluding hydrogens is 426 g/mol. The molecular formula is C22H24ClNO5S. The fourth-order valence-corrected chi connectivity index (χ4v) is 6.08. The van der Waals surface area contributed by atoms with Crippen LogP contribution in [0.1, 0.15) is 37.8 Å². The van der Waals surface area contributed by atoms with Crippen molar-refractivity contribution in [1.82, 2.24) is 5.32 Å². The number of sulfone groups is 1. The maximum absolute atomic E-state index is 13.4. The van der Waals surface area contributed by atoms with Gasteiger partial charge in [-0.1, -0.05) is 41.4 Å². The van der Waals surface area contributed by atoms with Crippen LogP contribution >= 0.6 is 11.6 Å². The lowest BCUT2D eigenvalue weighted by atomic mass is 10.1. The number of carbonyl (C=O) groups is 2. The van der Waals surface area contributed by atoms with Gasteiger partial charge in [-0.05, 0) is 57.5 Å². The Morgan fingerprint density at radius 2 is 1.80 bits per heavy atom. The predicted molar refractivity (Wildman–Crippen MR) is 115 cm³/mol. The lowest BCUT2D eigenvalue weighted by molar-refractivity contribution is -0.110. The summed E-state index contributed by atoms with van der Waals surface area (Å²) in [4.78, 5) is 24.8. The smallest absolute Gasteiger partial charge is 0.408 e. The van der Waals surface area contributed by atoms with Crippen molar-refractivity contribution in [1.29, 1.82) is 0 Å². The quantitative estimate of drug-likeness (QED) is 0.695. The fourth-order valence-electron chi connectivity index (χ4n) is 3.63. The number of aryl methyl sites for hydroxylation is 1. The largest absolute Gasteiger partial charge is 0.444 e. The number of ether oxygens (including phenoxy) is 1. The Morgan fingerprint density at radius 1 is 1.17 bits per heavy atom. The molecule has 1 N–H and O–H groups in total. The van der Waals surface area contributed by atoms with Gasteiger partial charge in [-0.15, -0.1) is 0 Å². The van der Waals surface area contributed by atoms with E-state index in [1.54, 1.807) is 57.2 Å². The SMILES string of the molecule is Cc1ccc(S(=O)(=O)[C@@H]2[C@H](c3cccc(Cl)c3)[C@]2(C=O)NC(=O)OC(C)(C)C)cc1. The molecule has 8 heteroatoms. The van der Waals surface area contributed by atoms with Gasteiger partial charge in [0, 0.05) is 10.9 Å². The minimum absolute atomic E-state index is 0.0832. The molecule has 2 aromatic rings. The number of hydrogen-bond acceptors (Lipinski definition) is 5. The van der Waals surface area contributed by atoms with Crippen LogP contribution in [0.3, 0.4) is 0 Å². The molecule has 0 unspecified atom stereocenters. The molecule has 1 aliphatic carbocycles. The number of alkyl carbamates (subject to hydrolysis) is 1. The highest BCUT2D eigenvalue weighted by Gasteiger charge is 2.73. The van der Waals surface area contributed by atoms with Crippen molar-refractivity contribution in [2.45, 2.75) is 54.9 Å². The average Bonchev–Trinajstić information content (AvgIpc) is 3.30. The van der Waals surface area contributed by atoms with Gasteiger partial charge in [0.25, 0.3) is 0 Å². The zero-order valence-corrected chi connectivity index (χ0v) is 18.8. The summed E-state index contributed by atoms with van der Waals surface area (Å²) < 4.78 is 32.1. The van der Waals surface area contributed by atoms with Crippen molar-refractivity contribution in [2.75, 3.05) is 0 Å². The van der Waals surface area contributed by atoms with E-state index in [0.29, 0.717) is 16.9 Å². The third-order valence-corrected chi connectivity index (χ3v) is 7.48. The number of aldehydes is 1. The molecule has 2 aromatic carbocycles. The molecule has 3 atom stereocenters. The van der Waals surface area contributed by atoms with Gasteiger partial charge in [0.2, 0.25) is 0 Å². The van der Waals surface area contributed by atoms with Gasteiger partial charge in [0.15, 0.2) is 9.84 Å². The number of halogens is 1. The van der Waals surface area contributed by atoms with Crippen LogP contribution in [0.2, 0.25) is 5.02 Å². The molecule has 0 spiro atoms. The van der Waals surface area contributed by atoms with E-state index in [-0.39, 0.29) is 4.90 Å². The van der Waals surface area contributed by atoms with E-state index in [1.807, 2.05) is 6.92 Å². The first kappa shape index (κ1) is 22.3. The third kappa shape index (κ3) is 4.23. The summed E-state index contributed by atoms with van der Waals surface area (Å²) in [6.07, 6.45) is -0.373. The average molecular weight is 450 g/mol. The maximum Gasteiger partial charge on any atom is 0.408 e. The van der Waals surface area contributed by atoms with E-state index in [9.17, 15) is 18.0 Å². The van der Waals surface area contributed by atoms with Crippen LogP contribution in [-0.2, 0) is 19.4 Å². The molecule has 0 radical (unpaired) electrons. The zero-order chi connectivity index (χ0) is 22.3. The Kier molecular flexibility index (Phi) is 5.73. The van der Waals surface area contributed by atoms with E-state index in [2.05, 4.69) is 5.32 Å². The van der Waals surface area contributed by atoms with E-state index >= 15 is 0 Å². The number of carbonyl (C=O) groups excluding carboxylic acids is 2. The van der Waals surface area contributed by atoms with E-state index in [1.165, 1.54) is 12.1 Å². The zero-order valence-electron chi connectivity index (χ0n) is 17.2. The Hall–Kier alpha value is -2.38. The Bertz CT molecular complexity index is 1080. The summed E-state index contributed by atoms with van der Waals surface area (Å²) >= 11 is 6.09. The predicted octanol–water partition coefficient (Wildman–Crippen LogP) is 4.05. The van der Waals surface area contributed by atoms with Crippen molar-refractivity contribution in [3.8, 4) is 0 Å². The standard InChI is InChI=1S/C22H24ClNO5S/c1-14-8-10-17(11-9-14)30(27,28)19-18(15-6-5-7-16(23)12-15)22(19,13-25)24-20(26)29-21(2,3)4/h5-13,18-19H,1-4H3,(H,24,26)/t18-,19+,22-/m0/s1.